The third-order valence-corrected chi connectivity index (χ3v) is 6.79. The predicted molar refractivity (Wildman–Crippen MR) is 146 cm³/mol. The average Bonchev–Trinajstić information content (AvgIpc) is 2.82. The zero-order valence-corrected chi connectivity index (χ0v) is 21.1. The third-order valence-electron chi connectivity index (χ3n) is 6.79. The van der Waals surface area contributed by atoms with E-state index in [1.807, 2.05) is 0 Å². The molecule has 0 aliphatic heterocycles. The molecule has 0 fully saturated rings. The van der Waals surface area contributed by atoms with Crippen molar-refractivity contribution in [3.8, 4) is 0 Å². The summed E-state index contributed by atoms with van der Waals surface area (Å²) in [4.78, 5) is 0. The van der Waals surface area contributed by atoms with Crippen molar-refractivity contribution < 1.29 is 0 Å². The molecule has 0 atom stereocenters. The first kappa shape index (κ1) is 26.7. The number of fused-ring (bicyclic) bond motifs is 1. The minimum Gasteiger partial charge on any atom is -0.0885 e. The molecule has 0 heteroatoms. The summed E-state index contributed by atoms with van der Waals surface area (Å²) in [6.07, 6.45) is 31.4. The Hall–Kier alpha value is -1.56. The molecule has 2 aromatic rings. The molecule has 0 saturated heterocycles. The highest BCUT2D eigenvalue weighted by atomic mass is 14.0. The van der Waals surface area contributed by atoms with E-state index in [1.54, 1.807) is 0 Å². The van der Waals surface area contributed by atoms with Crippen molar-refractivity contribution in [3.63, 3.8) is 0 Å². The number of unbranched alkanes of at least 4 members (excludes halogenated alkanes) is 16. The molecular formula is C32H50. The van der Waals surface area contributed by atoms with Gasteiger partial charge in [-0.05, 0) is 54.9 Å². The van der Waals surface area contributed by atoms with E-state index in [9.17, 15) is 0 Å². The fourth-order valence-electron chi connectivity index (χ4n) is 4.68. The smallest absolute Gasteiger partial charge is 0.0181 e. The Morgan fingerprint density at radius 1 is 0.500 bits per heavy atom. The normalized spacial score (nSPS) is 11.7. The van der Waals surface area contributed by atoms with Crippen LogP contribution in [0.2, 0.25) is 0 Å². The van der Waals surface area contributed by atoms with E-state index < -0.39 is 0 Å². The van der Waals surface area contributed by atoms with E-state index >= 15 is 0 Å². The van der Waals surface area contributed by atoms with Gasteiger partial charge in [0.25, 0.3) is 0 Å². The van der Waals surface area contributed by atoms with Crippen molar-refractivity contribution in [3.05, 3.63) is 60.2 Å². The lowest BCUT2D eigenvalue weighted by atomic mass is 10.0. The van der Waals surface area contributed by atoms with Crippen molar-refractivity contribution in [2.45, 2.75) is 129 Å². The van der Waals surface area contributed by atoms with Gasteiger partial charge in [-0.3, -0.25) is 0 Å². The van der Waals surface area contributed by atoms with Crippen molar-refractivity contribution in [1.29, 1.82) is 0 Å². The topological polar surface area (TPSA) is 0 Å². The van der Waals surface area contributed by atoms with Crippen molar-refractivity contribution in [2.75, 3.05) is 0 Å². The Morgan fingerprint density at radius 3 is 1.59 bits per heavy atom. The van der Waals surface area contributed by atoms with Gasteiger partial charge in [-0.25, -0.2) is 0 Å². The van der Waals surface area contributed by atoms with E-state index in [2.05, 4.69) is 61.5 Å². The maximum absolute atomic E-state index is 2.43. The Labute approximate surface area is 199 Å². The van der Waals surface area contributed by atoms with Gasteiger partial charge in [0, 0.05) is 0 Å². The fraction of sp³-hybridized carbons (Fsp3) is 0.625. The van der Waals surface area contributed by atoms with Gasteiger partial charge in [0.2, 0.25) is 0 Å². The number of aryl methyl sites for hydroxylation is 1. The molecule has 0 heterocycles. The summed E-state index contributed by atoms with van der Waals surface area (Å²) in [7, 11) is 0. The van der Waals surface area contributed by atoms with E-state index in [0.717, 1.165) is 0 Å². The largest absolute Gasteiger partial charge is 0.0885 e. The maximum Gasteiger partial charge on any atom is -0.0181 e. The Bertz CT molecular complexity index is 711. The lowest BCUT2D eigenvalue weighted by molar-refractivity contribution is 0.536. The number of allylic oxidation sites excluding steroid dienone is 2. The van der Waals surface area contributed by atoms with Gasteiger partial charge in [-0.15, -0.1) is 0 Å². The minimum absolute atomic E-state index is 1.21. The second kappa shape index (κ2) is 19.0. The molecule has 0 bridgehead atoms. The molecule has 0 unspecified atom stereocenters. The second-order valence-corrected chi connectivity index (χ2v) is 9.78. The number of hydrogen-bond donors (Lipinski definition) is 0. The van der Waals surface area contributed by atoms with Gasteiger partial charge in [0.1, 0.15) is 0 Å². The van der Waals surface area contributed by atoms with Crippen LogP contribution < -0.4 is 0 Å². The zero-order valence-electron chi connectivity index (χ0n) is 21.1. The van der Waals surface area contributed by atoms with Gasteiger partial charge < -0.3 is 0 Å². The molecule has 0 aliphatic rings. The van der Waals surface area contributed by atoms with Crippen LogP contribution in [0.4, 0.5) is 0 Å². The van der Waals surface area contributed by atoms with E-state index in [1.165, 1.54) is 138 Å². The van der Waals surface area contributed by atoms with Crippen LogP contribution in [-0.2, 0) is 6.42 Å². The molecule has 0 amide bonds. The van der Waals surface area contributed by atoms with Crippen LogP contribution in [-0.4, -0.2) is 0 Å². The number of rotatable bonds is 20. The van der Waals surface area contributed by atoms with Gasteiger partial charge >= 0.3 is 0 Å². The highest BCUT2D eigenvalue weighted by Gasteiger charge is 1.97. The third kappa shape index (κ3) is 13.1. The Balaban J connectivity index is 1.32. The van der Waals surface area contributed by atoms with Gasteiger partial charge in [-0.1, -0.05) is 145 Å². The van der Waals surface area contributed by atoms with Crippen LogP contribution in [0.15, 0.2) is 54.6 Å². The zero-order chi connectivity index (χ0) is 22.5. The Kier molecular flexibility index (Phi) is 15.8. The molecule has 0 nitrogen and oxygen atoms in total. The van der Waals surface area contributed by atoms with Crippen LogP contribution in [0, 0.1) is 0 Å². The molecule has 0 spiro atoms. The predicted octanol–water partition coefficient (Wildman–Crippen LogP) is 11.0. The number of hydrogen-bond acceptors (Lipinski definition) is 0. The SMILES string of the molecule is CCCCCCCCCCCCCCCC/C=C/CCCCc1ccc2ccccc2c1. The highest BCUT2D eigenvalue weighted by Crippen LogP contribution is 2.17. The van der Waals surface area contributed by atoms with Crippen LogP contribution >= 0.6 is 0 Å². The monoisotopic (exact) mass is 434 g/mol. The van der Waals surface area contributed by atoms with Crippen molar-refractivity contribution >= 4 is 10.8 Å². The first-order chi connectivity index (χ1) is 15.9. The quantitative estimate of drug-likeness (QED) is 0.143. The van der Waals surface area contributed by atoms with Crippen LogP contribution in [0.5, 0.6) is 0 Å². The van der Waals surface area contributed by atoms with Crippen LogP contribution in [0.1, 0.15) is 128 Å². The molecule has 0 aromatic heterocycles. The lowest BCUT2D eigenvalue weighted by Gasteiger charge is -2.03. The van der Waals surface area contributed by atoms with Crippen molar-refractivity contribution in [1.82, 2.24) is 0 Å². The lowest BCUT2D eigenvalue weighted by Crippen LogP contribution is -1.85. The summed E-state index contributed by atoms with van der Waals surface area (Å²) in [6, 6.07) is 15.6. The summed E-state index contributed by atoms with van der Waals surface area (Å²) < 4.78 is 0. The fourth-order valence-corrected chi connectivity index (χ4v) is 4.68. The summed E-state index contributed by atoms with van der Waals surface area (Å²) in [6.45, 7) is 2.30. The summed E-state index contributed by atoms with van der Waals surface area (Å²) in [5.41, 5.74) is 1.48. The summed E-state index contributed by atoms with van der Waals surface area (Å²) in [5, 5.41) is 2.72. The molecule has 178 valence electrons. The Morgan fingerprint density at radius 2 is 1.00 bits per heavy atom. The molecule has 0 N–H and O–H groups in total. The van der Waals surface area contributed by atoms with Crippen LogP contribution in [0.25, 0.3) is 10.8 Å². The summed E-state index contributed by atoms with van der Waals surface area (Å²) >= 11 is 0. The van der Waals surface area contributed by atoms with Gasteiger partial charge in [0.15, 0.2) is 0 Å². The molecule has 2 rings (SSSR count). The molecule has 0 saturated carbocycles. The highest BCUT2D eigenvalue weighted by molar-refractivity contribution is 5.82. The molecule has 0 aliphatic carbocycles. The van der Waals surface area contributed by atoms with Crippen molar-refractivity contribution in [2.24, 2.45) is 0 Å². The standard InChI is InChI=1S/C32H50/c1-2-3-4-5-6-7-8-9-10-11-12-13-14-15-16-17-18-19-20-21-24-30-27-28-31-25-22-23-26-32(31)29-30/h17-18,22-23,25-29H,2-16,19-21,24H2,1H3/b18-17+. The number of benzene rings is 2. The van der Waals surface area contributed by atoms with E-state index in [-0.39, 0.29) is 0 Å². The molecule has 32 heavy (non-hydrogen) atoms. The average molecular weight is 435 g/mol. The first-order valence-corrected chi connectivity index (χ1v) is 14.0. The first-order valence-electron chi connectivity index (χ1n) is 14.0. The molecular weight excluding hydrogens is 384 g/mol. The van der Waals surface area contributed by atoms with Gasteiger partial charge in [-0.2, -0.15) is 0 Å². The summed E-state index contributed by atoms with van der Waals surface area (Å²) in [5.74, 6) is 0. The molecule has 2 aromatic carbocycles. The van der Waals surface area contributed by atoms with Crippen LogP contribution in [0.3, 0.4) is 0 Å². The van der Waals surface area contributed by atoms with E-state index in [0.29, 0.717) is 0 Å². The van der Waals surface area contributed by atoms with E-state index in [4.69, 9.17) is 0 Å². The molecule has 0 radical (unpaired) electrons. The minimum atomic E-state index is 1.21. The van der Waals surface area contributed by atoms with Gasteiger partial charge in [0.05, 0.1) is 0 Å². The second-order valence-electron chi connectivity index (χ2n) is 9.78. The maximum atomic E-state index is 2.43.